The molecule has 4 aromatic rings. The Morgan fingerprint density at radius 3 is 2.40 bits per heavy atom. The Bertz CT molecular complexity index is 1430. The summed E-state index contributed by atoms with van der Waals surface area (Å²) < 4.78 is 23.1. The van der Waals surface area contributed by atoms with Gasteiger partial charge in [0.25, 0.3) is 11.9 Å². The molecule has 2 heterocycles. The molecule has 0 atom stereocenters. The molecule has 212 valence electrons. The van der Waals surface area contributed by atoms with E-state index in [4.69, 9.17) is 20.8 Å². The second kappa shape index (κ2) is 17.7. The minimum atomic E-state index is -0.977. The first-order valence-electron chi connectivity index (χ1n) is 11.9. The number of pyridine rings is 1. The van der Waals surface area contributed by atoms with E-state index in [-0.39, 0.29) is 11.6 Å². The number of aryl methyl sites for hydroxylation is 1. The fourth-order valence-corrected chi connectivity index (χ4v) is 2.94. The van der Waals surface area contributed by atoms with Crippen molar-refractivity contribution in [3.8, 4) is 11.5 Å². The fraction of sp³-hybridized carbons (Fsp3) is 0.179. The molecule has 4 rings (SSSR count). The number of oxazole rings is 1. The van der Waals surface area contributed by atoms with Crippen molar-refractivity contribution in [2.45, 2.75) is 20.8 Å². The number of anilines is 2. The molecule has 0 radical (unpaired) electrons. The number of rotatable bonds is 6. The highest BCUT2D eigenvalue weighted by Crippen LogP contribution is 2.29. The number of halogens is 2. The summed E-state index contributed by atoms with van der Waals surface area (Å²) in [6, 6.07) is 14.5. The lowest BCUT2D eigenvalue weighted by atomic mass is 10.2. The van der Waals surface area contributed by atoms with E-state index in [1.165, 1.54) is 13.2 Å². The number of fused-ring (bicyclic) bond motifs is 1. The summed E-state index contributed by atoms with van der Waals surface area (Å²) in [5.74, 6) is 0.778. The molecule has 10 nitrogen and oxygen atoms in total. The van der Waals surface area contributed by atoms with Crippen LogP contribution < -0.4 is 15.4 Å². The van der Waals surface area contributed by atoms with Crippen LogP contribution in [0.2, 0.25) is 5.02 Å². The maximum Gasteiger partial charge on any atom is 0.398 e. The van der Waals surface area contributed by atoms with Gasteiger partial charge in [-0.2, -0.15) is 4.98 Å². The lowest BCUT2D eigenvalue weighted by Gasteiger charge is -2.06. The normalized spacial score (nSPS) is 9.93. The molecule has 0 aliphatic heterocycles. The average molecular weight is 571 g/mol. The number of nitrogens with one attached hydrogen (secondary N) is 2. The number of amides is 1. The van der Waals surface area contributed by atoms with Crippen molar-refractivity contribution >= 4 is 53.2 Å². The van der Waals surface area contributed by atoms with Crippen LogP contribution in [0.5, 0.6) is 11.5 Å². The standard InChI is InChI=1S/C21H17ClN4O3.C3H5FN2O.C2H6.C2H4/c1-12-9-13(3-5-16(12)22)25-21-26-17-10-14(4-6-19(17)29-21)28-15-7-8-24-18(11-15)20(27)23-2;1-5-3(4)7-6-2;2*1-2/h3-11H,1-2H3,(H,23,27)(H,25,26);2H2,1H3;1-2H3;1-2H2. The molecule has 12 heteroatoms. The van der Waals surface area contributed by atoms with Crippen LogP contribution in [0.3, 0.4) is 0 Å². The topological polar surface area (TPSA) is 123 Å². The maximum atomic E-state index is 11.7. The highest BCUT2D eigenvalue weighted by atomic mass is 35.5. The van der Waals surface area contributed by atoms with E-state index in [2.05, 4.69) is 55.5 Å². The highest BCUT2D eigenvalue weighted by Gasteiger charge is 2.10. The van der Waals surface area contributed by atoms with Gasteiger partial charge in [0, 0.05) is 49.9 Å². The van der Waals surface area contributed by atoms with Crippen molar-refractivity contribution < 1.29 is 23.2 Å². The van der Waals surface area contributed by atoms with Crippen molar-refractivity contribution in [3.05, 3.63) is 84.2 Å². The number of ether oxygens (including phenoxy) is 1. The van der Waals surface area contributed by atoms with Crippen LogP contribution in [-0.4, -0.2) is 42.8 Å². The van der Waals surface area contributed by atoms with Crippen LogP contribution in [0.15, 0.2) is 82.5 Å². The van der Waals surface area contributed by atoms with Gasteiger partial charge < -0.3 is 24.6 Å². The van der Waals surface area contributed by atoms with Gasteiger partial charge in [0.2, 0.25) is 0 Å². The second-order valence-electron chi connectivity index (χ2n) is 6.99. The van der Waals surface area contributed by atoms with Gasteiger partial charge in [0.1, 0.15) is 22.7 Å². The molecule has 0 saturated carbocycles. The van der Waals surface area contributed by atoms with E-state index >= 15 is 0 Å². The number of aliphatic imine (C=N–C) groups is 1. The van der Waals surface area contributed by atoms with E-state index in [9.17, 15) is 9.18 Å². The number of carbonyl (C=O) groups excluding carboxylic acids is 1. The molecule has 2 aromatic heterocycles. The van der Waals surface area contributed by atoms with Gasteiger partial charge in [-0.25, -0.2) is 4.99 Å². The number of aromatic nitrogens is 2. The van der Waals surface area contributed by atoms with Crippen molar-refractivity contribution in [2.24, 2.45) is 10.1 Å². The summed E-state index contributed by atoms with van der Waals surface area (Å²) in [5.41, 5.74) is 3.31. The van der Waals surface area contributed by atoms with Crippen molar-refractivity contribution in [1.29, 1.82) is 0 Å². The average Bonchev–Trinajstić information content (AvgIpc) is 3.38. The Kier molecular flexibility index (Phi) is 14.7. The third-order valence-corrected chi connectivity index (χ3v) is 4.93. The predicted octanol–water partition coefficient (Wildman–Crippen LogP) is 7.48. The molecule has 0 unspecified atom stereocenters. The molecule has 2 aromatic carbocycles. The Morgan fingerprint density at radius 2 is 1.80 bits per heavy atom. The van der Waals surface area contributed by atoms with Gasteiger partial charge >= 0.3 is 6.15 Å². The number of nitrogens with zero attached hydrogens (tertiary/aromatic N) is 4. The van der Waals surface area contributed by atoms with E-state index in [1.54, 1.807) is 37.4 Å². The smallest absolute Gasteiger partial charge is 0.398 e. The zero-order valence-corrected chi connectivity index (χ0v) is 23.8. The first kappa shape index (κ1) is 33.3. The van der Waals surface area contributed by atoms with Crippen LogP contribution in [0.4, 0.5) is 16.1 Å². The van der Waals surface area contributed by atoms with Crippen molar-refractivity contribution in [1.82, 2.24) is 15.3 Å². The molecule has 1 amide bonds. The molecule has 0 aliphatic rings. The van der Waals surface area contributed by atoms with Gasteiger partial charge in [-0.1, -0.05) is 30.6 Å². The summed E-state index contributed by atoms with van der Waals surface area (Å²) in [4.78, 5) is 27.0. The molecule has 0 fully saturated rings. The molecule has 0 bridgehead atoms. The lowest BCUT2D eigenvalue weighted by Crippen LogP contribution is -2.18. The van der Waals surface area contributed by atoms with Crippen molar-refractivity contribution in [3.63, 3.8) is 0 Å². The van der Waals surface area contributed by atoms with Crippen LogP contribution in [-0.2, 0) is 4.84 Å². The monoisotopic (exact) mass is 570 g/mol. The third kappa shape index (κ3) is 10.2. The summed E-state index contributed by atoms with van der Waals surface area (Å²) in [7, 11) is 2.80. The summed E-state index contributed by atoms with van der Waals surface area (Å²) in [6.07, 6.45) is 0.542. The van der Waals surface area contributed by atoms with Gasteiger partial charge in [-0.05, 0) is 48.9 Å². The summed E-state index contributed by atoms with van der Waals surface area (Å²) in [6.45, 7) is 14.8. The molecule has 2 N–H and O–H groups in total. The number of hydrogen-bond donors (Lipinski definition) is 2. The molecule has 0 saturated heterocycles. The van der Waals surface area contributed by atoms with Gasteiger partial charge in [-0.3, -0.25) is 9.78 Å². The molecule has 0 aliphatic carbocycles. The molecular formula is C28H32ClFN6O4. The van der Waals surface area contributed by atoms with Gasteiger partial charge in [0.15, 0.2) is 5.58 Å². The molecule has 40 heavy (non-hydrogen) atoms. The summed E-state index contributed by atoms with van der Waals surface area (Å²) in [5, 5.41) is 9.11. The number of oxime groups is 1. The van der Waals surface area contributed by atoms with E-state index < -0.39 is 6.15 Å². The minimum Gasteiger partial charge on any atom is -0.457 e. The minimum absolute atomic E-state index is 0.275. The lowest BCUT2D eigenvalue weighted by molar-refractivity contribution is 0.0958. The van der Waals surface area contributed by atoms with E-state index in [0.29, 0.717) is 33.6 Å². The third-order valence-electron chi connectivity index (χ3n) is 4.51. The zero-order valence-electron chi connectivity index (χ0n) is 23.0. The Balaban J connectivity index is 0.000000629. The largest absolute Gasteiger partial charge is 0.457 e. The zero-order chi connectivity index (χ0) is 30.1. The highest BCUT2D eigenvalue weighted by molar-refractivity contribution is 6.31. The summed E-state index contributed by atoms with van der Waals surface area (Å²) >= 11 is 6.06. The van der Waals surface area contributed by atoms with Crippen LogP contribution in [0, 0.1) is 6.92 Å². The first-order chi connectivity index (χ1) is 19.3. The predicted molar refractivity (Wildman–Crippen MR) is 159 cm³/mol. The second-order valence-corrected chi connectivity index (χ2v) is 7.40. The Labute approximate surface area is 237 Å². The Morgan fingerprint density at radius 1 is 1.10 bits per heavy atom. The number of benzene rings is 2. The molecule has 0 spiro atoms. The van der Waals surface area contributed by atoms with Crippen LogP contribution >= 0.6 is 11.6 Å². The number of carbonyl (C=O) groups is 1. The quantitative estimate of drug-likeness (QED) is 0.106. The van der Waals surface area contributed by atoms with E-state index in [0.717, 1.165) is 11.3 Å². The van der Waals surface area contributed by atoms with Gasteiger partial charge in [0.05, 0.1) is 0 Å². The SMILES string of the molecule is C=C.C=NOC(F)=NC.CC.CNC(=O)c1cc(Oc2ccc3oc(Nc4ccc(Cl)c(C)c4)nc3c2)ccn1. The number of hydrogen-bond acceptors (Lipinski definition) is 9. The van der Waals surface area contributed by atoms with Crippen LogP contribution in [0.25, 0.3) is 11.1 Å². The fourth-order valence-electron chi connectivity index (χ4n) is 2.83. The van der Waals surface area contributed by atoms with Gasteiger partial charge in [-0.15, -0.1) is 17.5 Å². The Hall–Kier alpha value is -4.77. The molecular weight excluding hydrogens is 539 g/mol. The first-order valence-corrected chi connectivity index (χ1v) is 12.3. The van der Waals surface area contributed by atoms with E-state index in [1.807, 2.05) is 39.0 Å². The maximum absolute atomic E-state index is 11.7. The van der Waals surface area contributed by atoms with Crippen LogP contribution in [0.1, 0.15) is 29.9 Å². The van der Waals surface area contributed by atoms with Crippen molar-refractivity contribution in [2.75, 3.05) is 19.4 Å².